The number of aromatic nitrogens is 1. The molecule has 0 spiro atoms. The first-order valence-electron chi connectivity index (χ1n) is 42.7. The van der Waals surface area contributed by atoms with Crippen molar-refractivity contribution >= 4 is 117 Å². The Morgan fingerprint density at radius 2 is 0.946 bits per heavy atom. The van der Waals surface area contributed by atoms with Crippen LogP contribution in [0.1, 0.15) is 120 Å². The highest BCUT2D eigenvalue weighted by Crippen LogP contribution is 2.26. The van der Waals surface area contributed by atoms with Gasteiger partial charge in [0.1, 0.15) is 65.6 Å². The Labute approximate surface area is 755 Å². The first-order valence-corrected chi connectivity index (χ1v) is 43.9. The average molecular weight is 1800 g/mol. The smallest absolute Gasteiger partial charge is 0.305 e. The summed E-state index contributed by atoms with van der Waals surface area (Å²) >= 11 is 0.950. The molecule has 11 atom stereocenters. The monoisotopic (exact) mass is 1790 g/mol. The summed E-state index contributed by atoms with van der Waals surface area (Å²) in [6.07, 6.45) is -0.616. The van der Waals surface area contributed by atoms with Crippen LogP contribution in [0.2, 0.25) is 0 Å². The van der Waals surface area contributed by atoms with Gasteiger partial charge in [-0.1, -0.05) is 188 Å². The first kappa shape index (κ1) is 103. The van der Waals surface area contributed by atoms with Crippen LogP contribution in [0.15, 0.2) is 170 Å². The number of phenols is 2. The Morgan fingerprint density at radius 3 is 1.46 bits per heavy atom. The van der Waals surface area contributed by atoms with E-state index in [0.29, 0.717) is 57.1 Å². The van der Waals surface area contributed by atoms with Crippen LogP contribution in [0, 0.1) is 23.7 Å². The molecule has 13 amide bonds. The van der Waals surface area contributed by atoms with Crippen molar-refractivity contribution in [3.05, 3.63) is 203 Å². The molecule has 1 saturated heterocycles. The number of phenolic OH excluding ortho intramolecular Hbond substituents is 2. The molecule has 1 aromatic heterocycles. The molecular weight excluding hydrogens is 1670 g/mol. The van der Waals surface area contributed by atoms with Gasteiger partial charge in [-0.25, -0.2) is 0 Å². The third kappa shape index (κ3) is 31.9. The third-order valence-electron chi connectivity index (χ3n) is 22.2. The van der Waals surface area contributed by atoms with E-state index < -0.39 is 205 Å². The topological polar surface area (TPSA) is 485 Å². The highest BCUT2D eigenvalue weighted by molar-refractivity contribution is 8.00. The molecule has 0 unspecified atom stereocenters. The van der Waals surface area contributed by atoms with Crippen molar-refractivity contribution < 1.29 is 92.0 Å². The van der Waals surface area contributed by atoms with Crippen LogP contribution in [-0.4, -0.2) is 248 Å². The quantitative estimate of drug-likeness (QED) is 0.0409. The number of ketones is 2. The van der Waals surface area contributed by atoms with Gasteiger partial charge in [0.2, 0.25) is 76.8 Å². The number of unbranched alkanes of at least 4 members (excludes halogenated alkanes) is 1. The fourth-order valence-electron chi connectivity index (χ4n) is 15.1. The number of fused-ring (bicyclic) bond motifs is 1. The molecule has 1 aliphatic rings. The number of aromatic amines is 1. The summed E-state index contributed by atoms with van der Waals surface area (Å²) in [4.78, 5) is 242. The lowest BCUT2D eigenvalue weighted by atomic mass is 9.92. The SMILES string of the molecule is C.CCCC[C@@H]1NC(=O)[C@H](Cc2ccccc2)N(C)C(=O)[C@H](Cc2ccccc2)CC(=O)CSC[C@@H](C(=O)NCC(N)=O)CC(=O)[C@H](CC(C)C)NC(=O)[C@H](Cc2ccc(O)cc2)NC(=O)[C@H](Cc2c[nH]c3ccccc23)NC(=O)CN(C)C(=O)[C@H](Cc2ccc(O)cc2)NC(=O)[C@H](Cc2ccccc2)N(C)C(=O)[C@H](C(C)C)NC(=O)[C@H](CC(=O)O)NC(=O)CN(C)C1=O. The summed E-state index contributed by atoms with van der Waals surface area (Å²) in [5, 5.41) is 53.1. The molecule has 129 heavy (non-hydrogen) atoms. The number of thioether (sulfide) groups is 1. The molecular formula is C95H122N14O19S. The maximum absolute atomic E-state index is 15.4. The number of rotatable bonds is 23. The summed E-state index contributed by atoms with van der Waals surface area (Å²) in [5.74, 6) is -18.7. The summed E-state index contributed by atoms with van der Waals surface area (Å²) in [6, 6.07) is 30.7. The van der Waals surface area contributed by atoms with E-state index >= 15 is 38.4 Å². The standard InChI is InChI=1S/C94H118N14O19S.CH4/c1-10-11-30-71-92(125)105(6)52-82(115)99-75(49-83(116)117)88(121)104-84(57(4)5)94(127)108(9)78(45-60-27-19-14-20-28-60)90(123)103-76(43-62-34-38-67(110)39-35-62)93(126)106(7)53-81(114)98-74(47-64-50-96-70-31-22-21-29-69(64)70)87(120)102-73(42-61-32-36-66(109)37-33-61)86(119)101-72(40-56(2)3)79(112)48-65(85(118)97-51-80(95)113)54-128-55-68(111)46-63(41-58-23-15-12-16-24-58)91(124)107(8)77(89(122)100-71)44-59-25-17-13-18-26-59;/h12-29,31-39,50,56-57,63,65,71-78,84,96,109-110H,10-11,30,40-49,51-55H2,1-9H3,(H2,95,113)(H,97,118)(H,98,114)(H,99,115)(H,100,122)(H,101,119)(H,102,120)(H,103,123)(H,104,121)(H,116,117);1H4/t63-,65+,71+,72+,73+,74+,75+,76+,77+,78+,84+;/m1./s1. The van der Waals surface area contributed by atoms with Crippen molar-refractivity contribution in [1.29, 1.82) is 0 Å². The van der Waals surface area contributed by atoms with E-state index in [9.17, 15) is 53.7 Å². The number of amides is 13. The van der Waals surface area contributed by atoms with Crippen LogP contribution in [0.5, 0.6) is 11.5 Å². The number of carbonyl (C=O) groups is 16. The number of Topliss-reactive ketones (excluding diaryl/α,β-unsaturated/α-hetero) is 2. The predicted molar refractivity (Wildman–Crippen MR) is 487 cm³/mol. The van der Waals surface area contributed by atoms with Crippen LogP contribution >= 0.6 is 11.8 Å². The number of carbonyl (C=O) groups excluding carboxylic acids is 15. The van der Waals surface area contributed by atoms with Gasteiger partial charge in [-0.2, -0.15) is 11.8 Å². The molecule has 0 bridgehead atoms. The van der Waals surface area contributed by atoms with Crippen LogP contribution in [-0.2, 0) is 115 Å². The summed E-state index contributed by atoms with van der Waals surface area (Å²) < 4.78 is 0. The average Bonchev–Trinajstić information content (AvgIpc) is 1.75. The second-order valence-corrected chi connectivity index (χ2v) is 34.3. The molecule has 2 heterocycles. The molecule has 0 saturated carbocycles. The Kier molecular flexibility index (Phi) is 40.1. The number of benzene rings is 6. The van der Waals surface area contributed by atoms with Gasteiger partial charge in [0.25, 0.3) is 0 Å². The van der Waals surface area contributed by atoms with Crippen LogP contribution in [0.4, 0.5) is 0 Å². The lowest BCUT2D eigenvalue weighted by Gasteiger charge is -2.34. The zero-order valence-corrected chi connectivity index (χ0v) is 74.4. The molecule has 1 fully saturated rings. The third-order valence-corrected chi connectivity index (χ3v) is 23.3. The lowest BCUT2D eigenvalue weighted by molar-refractivity contribution is -0.145. The second-order valence-electron chi connectivity index (χ2n) is 33.3. The molecule has 1 aliphatic heterocycles. The van der Waals surface area contributed by atoms with Crippen molar-refractivity contribution in [2.45, 2.75) is 180 Å². The number of hydrogen-bond donors (Lipinski definition) is 13. The van der Waals surface area contributed by atoms with Crippen molar-refractivity contribution in [3.63, 3.8) is 0 Å². The van der Waals surface area contributed by atoms with Gasteiger partial charge >= 0.3 is 5.97 Å². The molecule has 8 rings (SSSR count). The maximum Gasteiger partial charge on any atom is 0.305 e. The fourth-order valence-corrected chi connectivity index (χ4v) is 16.2. The molecule has 7 aromatic rings. The number of likely N-dealkylation sites (N-methyl/N-ethyl adjacent to an activating group) is 4. The number of H-pyrrole nitrogens is 1. The summed E-state index contributed by atoms with van der Waals surface area (Å²) in [6.45, 7) is 6.31. The minimum Gasteiger partial charge on any atom is -0.508 e. The summed E-state index contributed by atoms with van der Waals surface area (Å²) in [7, 11) is 5.20. The van der Waals surface area contributed by atoms with Crippen molar-refractivity contribution in [1.82, 2.24) is 67.1 Å². The van der Waals surface area contributed by atoms with E-state index in [1.807, 2.05) is 6.92 Å². The number of carboxylic acid groups (broad SMARTS) is 1. The van der Waals surface area contributed by atoms with Crippen molar-refractivity contribution in [2.24, 2.45) is 29.4 Å². The number of nitrogens with one attached hydrogen (secondary N) is 9. The molecule has 6 aromatic carbocycles. The van der Waals surface area contributed by atoms with Gasteiger partial charge in [0, 0.05) is 102 Å². The number of nitrogens with zero attached hydrogens (tertiary/aromatic N) is 4. The number of aliphatic carboxylic acids is 1. The van der Waals surface area contributed by atoms with Gasteiger partial charge in [-0.05, 0) is 94.8 Å². The van der Waals surface area contributed by atoms with E-state index in [-0.39, 0.29) is 87.7 Å². The number of para-hydroxylation sites is 1. The fraction of sp³-hybridized carbons (Fsp3) is 0.432. The first-order chi connectivity index (χ1) is 60.9. The zero-order chi connectivity index (χ0) is 93.4. The number of primary amides is 1. The predicted octanol–water partition coefficient (Wildman–Crippen LogP) is 4.80. The summed E-state index contributed by atoms with van der Waals surface area (Å²) in [5.41, 5.74) is 9.27. The Morgan fingerprint density at radius 1 is 0.496 bits per heavy atom. The minimum absolute atomic E-state index is 0. The van der Waals surface area contributed by atoms with Crippen molar-refractivity contribution in [2.75, 3.05) is 59.3 Å². The van der Waals surface area contributed by atoms with Gasteiger partial charge in [-0.15, -0.1) is 0 Å². The van der Waals surface area contributed by atoms with Gasteiger partial charge in [-0.3, -0.25) is 76.7 Å². The lowest BCUT2D eigenvalue weighted by Crippen LogP contribution is -2.61. The highest BCUT2D eigenvalue weighted by atomic mass is 32.2. The maximum atomic E-state index is 15.4. The molecule has 692 valence electrons. The van der Waals surface area contributed by atoms with Crippen molar-refractivity contribution in [3.8, 4) is 11.5 Å². The largest absolute Gasteiger partial charge is 0.508 e. The van der Waals surface area contributed by atoms with Crippen LogP contribution in [0.25, 0.3) is 10.9 Å². The van der Waals surface area contributed by atoms with E-state index in [0.717, 1.165) is 26.5 Å². The zero-order valence-electron chi connectivity index (χ0n) is 73.5. The van der Waals surface area contributed by atoms with E-state index in [1.54, 1.807) is 149 Å². The highest BCUT2D eigenvalue weighted by Gasteiger charge is 2.41. The number of aromatic hydroxyl groups is 2. The van der Waals surface area contributed by atoms with Gasteiger partial charge in [0.05, 0.1) is 43.8 Å². The van der Waals surface area contributed by atoms with E-state index in [2.05, 4.69) is 47.5 Å². The Balaban J connectivity index is 0.0000228. The molecule has 0 aliphatic carbocycles. The van der Waals surface area contributed by atoms with E-state index in [1.165, 1.54) is 81.6 Å². The Hall–Kier alpha value is -13.3. The van der Waals surface area contributed by atoms with E-state index in [4.69, 9.17) is 5.73 Å². The second kappa shape index (κ2) is 50.3. The number of nitrogens with two attached hydrogens (primary N) is 1. The normalized spacial score (nSPS) is 21.9. The van der Waals surface area contributed by atoms with Crippen LogP contribution < -0.4 is 48.3 Å². The van der Waals surface area contributed by atoms with Gasteiger partial charge < -0.3 is 88.2 Å². The molecule has 14 N–H and O–H groups in total. The number of carboxylic acids is 1. The minimum atomic E-state index is -1.90. The molecule has 34 heteroatoms. The van der Waals surface area contributed by atoms with Crippen LogP contribution in [0.3, 0.4) is 0 Å². The molecule has 33 nitrogen and oxygen atoms in total. The Bertz CT molecular complexity index is 5020. The molecule has 0 radical (unpaired) electrons. The van der Waals surface area contributed by atoms with Gasteiger partial charge in [0.15, 0.2) is 5.78 Å². The number of hydrogen-bond acceptors (Lipinski definition) is 19.